The van der Waals surface area contributed by atoms with Crippen LogP contribution in [0.5, 0.6) is 0 Å². The largest absolute Gasteiger partial charge is 0.522 e. The molecule has 1 fully saturated rings. The van der Waals surface area contributed by atoms with E-state index in [1.165, 1.54) is 23.5 Å². The number of fused-ring (bicyclic) bond motifs is 2. The van der Waals surface area contributed by atoms with Gasteiger partial charge >= 0.3 is 18.3 Å². The molecule has 4 aromatic heterocycles. The molecule has 0 spiro atoms. The minimum atomic E-state index is -4.94. The van der Waals surface area contributed by atoms with Gasteiger partial charge in [0, 0.05) is 13.8 Å². The van der Waals surface area contributed by atoms with E-state index in [2.05, 4.69) is 39.6 Å². The van der Waals surface area contributed by atoms with E-state index in [4.69, 9.17) is 37.4 Å². The summed E-state index contributed by atoms with van der Waals surface area (Å²) in [6.45, 7) is 1.14. The van der Waals surface area contributed by atoms with Crippen molar-refractivity contribution in [1.82, 2.24) is 39.5 Å². The summed E-state index contributed by atoms with van der Waals surface area (Å²) in [6.07, 6.45) is -4.94. The highest BCUT2D eigenvalue weighted by Gasteiger charge is 2.51. The van der Waals surface area contributed by atoms with Gasteiger partial charge in [0.15, 0.2) is 40.0 Å². The lowest BCUT2D eigenvalue weighted by Gasteiger charge is -2.23. The first-order valence-corrected chi connectivity index (χ1v) is 11.5. The Bertz CT molecular complexity index is 1480. The van der Waals surface area contributed by atoms with Gasteiger partial charge in [0.05, 0.1) is 19.3 Å². The number of carbonyl (C=O) groups excluding carboxylic acids is 2. The van der Waals surface area contributed by atoms with E-state index < -0.39 is 49.4 Å². The zero-order valence-electron chi connectivity index (χ0n) is 19.8. The molecule has 4 aromatic rings. The van der Waals surface area contributed by atoms with Crippen LogP contribution in [0.15, 0.2) is 25.3 Å². The standard InChI is InChI=1S/C15H14ClF3N4O6.C5H3ClN4/c1-6(24)27-10-8(3-26-15(17,18)19)29-14(11(10)28-7(2)25)23-5-22-9-12(16)20-4-21-13(9)23;6-4-3-5(9-1-7-3)10-2-8-4/h4-5,8,10-11,14H,3H2,1-2H3;1-2H,(H,7,8,9,10). The minimum absolute atomic E-state index is 0.0317. The van der Waals surface area contributed by atoms with E-state index in [-0.39, 0.29) is 16.3 Å². The number of carbonyl (C=O) groups is 2. The van der Waals surface area contributed by atoms with Gasteiger partial charge in [0.25, 0.3) is 0 Å². The lowest BCUT2D eigenvalue weighted by Crippen LogP contribution is -2.41. The third kappa shape index (κ3) is 6.67. The number of hydrogen-bond acceptors (Lipinski definition) is 12. The molecule has 208 valence electrons. The van der Waals surface area contributed by atoms with Crippen molar-refractivity contribution in [1.29, 1.82) is 0 Å². The molecule has 0 aromatic carbocycles. The van der Waals surface area contributed by atoms with Crippen LogP contribution in [0.3, 0.4) is 0 Å². The molecule has 14 nitrogen and oxygen atoms in total. The number of imidazole rings is 2. The lowest BCUT2D eigenvalue weighted by molar-refractivity contribution is -0.333. The Balaban J connectivity index is 0.000000292. The molecule has 0 saturated carbocycles. The maximum absolute atomic E-state index is 12.5. The number of hydrogen-bond donors (Lipinski definition) is 1. The number of ether oxygens (including phenoxy) is 4. The maximum atomic E-state index is 12.5. The number of aromatic amines is 1. The van der Waals surface area contributed by atoms with Gasteiger partial charge in [-0.05, 0) is 0 Å². The highest BCUT2D eigenvalue weighted by molar-refractivity contribution is 6.33. The first-order chi connectivity index (χ1) is 18.4. The van der Waals surface area contributed by atoms with Gasteiger partial charge in [0.2, 0.25) is 0 Å². The molecule has 1 saturated heterocycles. The SMILES string of the molecule is CC(=O)OC1C(COC(F)(F)F)OC(n2cnc3c(Cl)ncnc32)C1OC(C)=O.Clc1ncnc2nc[nH]c12. The van der Waals surface area contributed by atoms with Crippen LogP contribution < -0.4 is 0 Å². The molecule has 5 heterocycles. The monoisotopic (exact) mass is 592 g/mol. The third-order valence-electron chi connectivity index (χ3n) is 5.07. The van der Waals surface area contributed by atoms with Gasteiger partial charge in [-0.15, -0.1) is 13.2 Å². The average Bonchev–Trinajstić information content (AvgIpc) is 3.57. The second-order valence-corrected chi connectivity index (χ2v) is 8.44. The molecule has 39 heavy (non-hydrogen) atoms. The van der Waals surface area contributed by atoms with Crippen molar-refractivity contribution in [3.8, 4) is 0 Å². The molecule has 4 unspecified atom stereocenters. The zero-order valence-corrected chi connectivity index (χ0v) is 21.3. The fourth-order valence-electron chi connectivity index (χ4n) is 3.64. The predicted molar refractivity (Wildman–Crippen MR) is 124 cm³/mol. The van der Waals surface area contributed by atoms with Crippen LogP contribution in [0, 0.1) is 0 Å². The molecule has 1 N–H and O–H groups in total. The van der Waals surface area contributed by atoms with Gasteiger partial charge in [-0.2, -0.15) is 0 Å². The minimum Gasteiger partial charge on any atom is -0.456 e. The number of nitrogens with zero attached hydrogens (tertiary/aromatic N) is 7. The van der Waals surface area contributed by atoms with Crippen molar-refractivity contribution in [3.05, 3.63) is 35.6 Å². The third-order valence-corrected chi connectivity index (χ3v) is 5.63. The van der Waals surface area contributed by atoms with Crippen LogP contribution in [-0.4, -0.2) is 82.7 Å². The molecular weight excluding hydrogens is 576 g/mol. The molecule has 0 bridgehead atoms. The van der Waals surface area contributed by atoms with E-state index in [0.29, 0.717) is 16.3 Å². The Hall–Kier alpha value is -3.67. The number of nitrogens with one attached hydrogen (secondary N) is 1. The van der Waals surface area contributed by atoms with Crippen LogP contribution in [0.2, 0.25) is 10.3 Å². The van der Waals surface area contributed by atoms with Crippen LogP contribution in [0.4, 0.5) is 13.2 Å². The van der Waals surface area contributed by atoms with Crippen LogP contribution >= 0.6 is 23.2 Å². The van der Waals surface area contributed by atoms with Gasteiger partial charge in [-0.25, -0.2) is 29.9 Å². The van der Waals surface area contributed by atoms with Crippen LogP contribution in [-0.2, 0) is 28.5 Å². The van der Waals surface area contributed by atoms with Crippen molar-refractivity contribution in [3.63, 3.8) is 0 Å². The number of halogens is 5. The van der Waals surface area contributed by atoms with Crippen molar-refractivity contribution in [2.75, 3.05) is 6.61 Å². The maximum Gasteiger partial charge on any atom is 0.522 e. The van der Waals surface area contributed by atoms with E-state index in [0.717, 1.165) is 20.2 Å². The molecule has 4 atom stereocenters. The second kappa shape index (κ2) is 11.6. The fraction of sp³-hybridized carbons (Fsp3) is 0.400. The summed E-state index contributed by atoms with van der Waals surface area (Å²) in [5.74, 6) is -1.58. The van der Waals surface area contributed by atoms with Crippen molar-refractivity contribution in [2.24, 2.45) is 0 Å². The Kier molecular flexibility index (Phi) is 8.43. The summed E-state index contributed by atoms with van der Waals surface area (Å²) in [5.41, 5.74) is 1.65. The van der Waals surface area contributed by atoms with Crippen molar-refractivity contribution < 1.29 is 41.7 Å². The summed E-state index contributed by atoms with van der Waals surface area (Å²) in [4.78, 5) is 49.3. The Labute approximate surface area is 225 Å². The number of aromatic nitrogens is 8. The summed E-state index contributed by atoms with van der Waals surface area (Å²) < 4.78 is 58.6. The van der Waals surface area contributed by atoms with Crippen molar-refractivity contribution >= 4 is 57.5 Å². The summed E-state index contributed by atoms with van der Waals surface area (Å²) >= 11 is 11.6. The summed E-state index contributed by atoms with van der Waals surface area (Å²) in [5, 5.41) is 0.437. The molecule has 0 aliphatic carbocycles. The van der Waals surface area contributed by atoms with Gasteiger partial charge in [-0.1, -0.05) is 23.2 Å². The van der Waals surface area contributed by atoms with Crippen LogP contribution in [0.1, 0.15) is 20.1 Å². The van der Waals surface area contributed by atoms with Crippen LogP contribution in [0.25, 0.3) is 22.3 Å². The van der Waals surface area contributed by atoms with E-state index in [9.17, 15) is 22.8 Å². The Morgan fingerprint density at radius 3 is 2.33 bits per heavy atom. The fourth-order valence-corrected chi connectivity index (χ4v) is 4.00. The Morgan fingerprint density at radius 2 is 1.67 bits per heavy atom. The molecule has 0 radical (unpaired) electrons. The second-order valence-electron chi connectivity index (χ2n) is 7.72. The Morgan fingerprint density at radius 1 is 1.00 bits per heavy atom. The lowest BCUT2D eigenvalue weighted by atomic mass is 10.1. The number of rotatable bonds is 5. The highest BCUT2D eigenvalue weighted by atomic mass is 35.5. The quantitative estimate of drug-likeness (QED) is 0.266. The average molecular weight is 593 g/mol. The number of esters is 2. The topological polar surface area (TPSA) is 169 Å². The van der Waals surface area contributed by atoms with Gasteiger partial charge < -0.3 is 19.2 Å². The molecular formula is C20H17Cl2F3N8O6. The summed E-state index contributed by atoms with van der Waals surface area (Å²) in [7, 11) is 0. The summed E-state index contributed by atoms with van der Waals surface area (Å²) in [6, 6.07) is 0. The molecule has 19 heteroatoms. The van der Waals surface area contributed by atoms with Gasteiger partial charge in [0.1, 0.15) is 29.8 Å². The zero-order chi connectivity index (χ0) is 28.3. The normalized spacial score (nSPS) is 21.0. The van der Waals surface area contributed by atoms with Gasteiger partial charge in [-0.3, -0.25) is 18.9 Å². The van der Waals surface area contributed by atoms with Crippen molar-refractivity contribution in [2.45, 2.75) is 44.7 Å². The van der Waals surface area contributed by atoms with E-state index in [1.54, 1.807) is 0 Å². The van der Waals surface area contributed by atoms with E-state index >= 15 is 0 Å². The number of H-pyrrole nitrogens is 1. The predicted octanol–water partition coefficient (Wildman–Crippen LogP) is 2.78. The highest BCUT2D eigenvalue weighted by Crippen LogP contribution is 2.37. The molecule has 0 amide bonds. The first kappa shape index (κ1) is 28.3. The number of alkyl halides is 3. The molecule has 1 aliphatic rings. The van der Waals surface area contributed by atoms with E-state index in [1.807, 2.05) is 0 Å². The smallest absolute Gasteiger partial charge is 0.456 e. The molecule has 1 aliphatic heterocycles. The first-order valence-electron chi connectivity index (χ1n) is 10.8. The molecule has 5 rings (SSSR count).